The molecule has 0 aliphatic carbocycles. The van der Waals surface area contributed by atoms with Crippen LogP contribution in [0.25, 0.3) is 0 Å². The lowest BCUT2D eigenvalue weighted by molar-refractivity contribution is -0.124. The summed E-state index contributed by atoms with van der Waals surface area (Å²) in [5.41, 5.74) is 0.129. The van der Waals surface area contributed by atoms with Crippen LogP contribution in [-0.2, 0) is 14.4 Å². The number of amides is 3. The fourth-order valence-electron chi connectivity index (χ4n) is 2.77. The van der Waals surface area contributed by atoms with E-state index in [-0.39, 0.29) is 16.6 Å². The third-order valence-corrected chi connectivity index (χ3v) is 5.35. The monoisotopic (exact) mass is 389 g/mol. The molecular weight excluding hydrogens is 373 g/mol. The lowest BCUT2D eigenvalue weighted by Crippen LogP contribution is -2.29. The van der Waals surface area contributed by atoms with E-state index in [4.69, 9.17) is 0 Å². The Bertz CT molecular complexity index is 965. The first kappa shape index (κ1) is 18.8. The van der Waals surface area contributed by atoms with Crippen molar-refractivity contribution in [2.45, 2.75) is 6.92 Å². The predicted molar refractivity (Wildman–Crippen MR) is 99.6 cm³/mol. The third-order valence-electron chi connectivity index (χ3n) is 4.11. The zero-order chi connectivity index (χ0) is 19.9. The van der Waals surface area contributed by atoms with Gasteiger partial charge in [0.05, 0.1) is 15.9 Å². The number of fused-ring (bicyclic) bond motifs is 1. The maximum absolute atomic E-state index is 13.3. The summed E-state index contributed by atoms with van der Waals surface area (Å²) in [7, 11) is 3.18. The Labute approximate surface area is 158 Å². The number of anilines is 1. The molecular formula is C18H16FN3O4S. The Morgan fingerprint density at radius 2 is 2.04 bits per heavy atom. The number of thioether (sulfide) groups is 1. The summed E-state index contributed by atoms with van der Waals surface area (Å²) in [6, 6.07) is 5.15. The van der Waals surface area contributed by atoms with Gasteiger partial charge in [-0.1, -0.05) is 17.8 Å². The number of benzene rings is 1. The minimum absolute atomic E-state index is 0.138. The smallest absolute Gasteiger partial charge is 0.286 e. The molecule has 0 radical (unpaired) electrons. The summed E-state index contributed by atoms with van der Waals surface area (Å²) in [6.07, 6.45) is 0. The van der Waals surface area contributed by atoms with Gasteiger partial charge in [0.15, 0.2) is 0 Å². The quantitative estimate of drug-likeness (QED) is 0.773. The van der Waals surface area contributed by atoms with E-state index in [2.05, 4.69) is 10.3 Å². The van der Waals surface area contributed by atoms with Crippen LogP contribution in [0.5, 0.6) is 0 Å². The number of halogens is 1. The number of aliphatic hydroxyl groups is 1. The Hall–Kier alpha value is -2.94. The second kappa shape index (κ2) is 6.99. The number of hydrogen-bond donors (Lipinski definition) is 2. The van der Waals surface area contributed by atoms with Gasteiger partial charge in [0.1, 0.15) is 17.1 Å². The van der Waals surface area contributed by atoms with E-state index in [1.807, 2.05) is 0 Å². The molecule has 0 spiro atoms. The van der Waals surface area contributed by atoms with Gasteiger partial charge in [-0.2, -0.15) is 0 Å². The lowest BCUT2D eigenvalue weighted by atomic mass is 9.93. The molecule has 9 heteroatoms. The number of aliphatic imine (C=N–C) groups is 1. The summed E-state index contributed by atoms with van der Waals surface area (Å²) >= 11 is 1.01. The number of dihydropyridines is 1. The van der Waals surface area contributed by atoms with E-state index < -0.39 is 34.9 Å². The fraction of sp³-hybridized carbons (Fsp3) is 0.222. The van der Waals surface area contributed by atoms with Crippen molar-refractivity contribution in [1.82, 2.24) is 4.90 Å². The molecule has 2 aliphatic rings. The van der Waals surface area contributed by atoms with Crippen molar-refractivity contribution in [1.29, 1.82) is 0 Å². The first-order valence-corrected chi connectivity index (χ1v) is 8.75. The number of carbonyl (C=O) groups excluding carboxylic acids is 3. The highest BCUT2D eigenvalue weighted by molar-refractivity contribution is 8.18. The number of nitrogens with one attached hydrogen (secondary N) is 1. The van der Waals surface area contributed by atoms with Crippen LogP contribution < -0.4 is 5.32 Å². The molecule has 0 saturated carbocycles. The molecule has 1 atom stereocenters. The van der Waals surface area contributed by atoms with Crippen LogP contribution in [0, 0.1) is 11.7 Å². The molecule has 0 fully saturated rings. The molecule has 2 aliphatic heterocycles. The number of hydrogen-bond acceptors (Lipinski definition) is 5. The first-order chi connectivity index (χ1) is 12.7. The fourth-order valence-corrected chi connectivity index (χ4v) is 4.06. The minimum atomic E-state index is -0.911. The highest BCUT2D eigenvalue weighted by atomic mass is 32.2. The van der Waals surface area contributed by atoms with Gasteiger partial charge in [0, 0.05) is 19.8 Å². The summed E-state index contributed by atoms with van der Waals surface area (Å²) in [5.74, 6) is -3.92. The van der Waals surface area contributed by atoms with Gasteiger partial charge in [-0.3, -0.25) is 14.4 Å². The SMILES string of the molecule is CC1=C(C(=O)N(C)C)SC2=NC(=O)C(C(=O)Nc3cccc(F)c3)=C(O)C21. The van der Waals surface area contributed by atoms with Gasteiger partial charge in [0.25, 0.3) is 17.7 Å². The molecule has 0 saturated heterocycles. The summed E-state index contributed by atoms with van der Waals surface area (Å²) in [5, 5.41) is 13.2. The van der Waals surface area contributed by atoms with Crippen LogP contribution in [0.3, 0.4) is 0 Å². The van der Waals surface area contributed by atoms with Gasteiger partial charge < -0.3 is 15.3 Å². The van der Waals surface area contributed by atoms with Gasteiger partial charge in [-0.15, -0.1) is 0 Å². The van der Waals surface area contributed by atoms with E-state index in [0.29, 0.717) is 10.5 Å². The van der Waals surface area contributed by atoms with E-state index >= 15 is 0 Å². The van der Waals surface area contributed by atoms with Crippen LogP contribution in [0.15, 0.2) is 51.1 Å². The number of nitrogens with zero attached hydrogens (tertiary/aromatic N) is 2. The highest BCUT2D eigenvalue weighted by Crippen LogP contribution is 2.44. The standard InChI is InChI=1S/C18H16FN3O4S/c1-8-11-13(23)12(15(24)20-10-6-4-5-9(19)7-10)16(25)21-17(11)27-14(8)18(26)22(2)3/h4-7,11,23H,1-3H3,(H,20,24). The average Bonchev–Trinajstić information content (AvgIpc) is 2.90. The normalized spacial score (nSPS) is 19.0. The summed E-state index contributed by atoms with van der Waals surface area (Å²) in [4.78, 5) is 42.7. The predicted octanol–water partition coefficient (Wildman–Crippen LogP) is 2.24. The van der Waals surface area contributed by atoms with Crippen molar-refractivity contribution >= 4 is 40.2 Å². The molecule has 1 unspecified atom stereocenters. The zero-order valence-electron chi connectivity index (χ0n) is 14.7. The summed E-state index contributed by atoms with van der Waals surface area (Å²) < 4.78 is 13.3. The van der Waals surface area contributed by atoms with E-state index in [9.17, 15) is 23.9 Å². The number of likely N-dealkylation sites (N-methyl/N-ethyl adjacent to an activating group) is 1. The van der Waals surface area contributed by atoms with Crippen molar-refractivity contribution in [3.63, 3.8) is 0 Å². The Balaban J connectivity index is 1.95. The molecule has 0 aromatic heterocycles. The topological polar surface area (TPSA) is 99.1 Å². The molecule has 3 rings (SSSR count). The zero-order valence-corrected chi connectivity index (χ0v) is 15.6. The molecule has 2 heterocycles. The number of carbonyl (C=O) groups is 3. The second-order valence-corrected chi connectivity index (χ2v) is 7.26. The van der Waals surface area contributed by atoms with Crippen molar-refractivity contribution in [2.75, 3.05) is 19.4 Å². The minimum Gasteiger partial charge on any atom is -0.510 e. The molecule has 0 bridgehead atoms. The van der Waals surface area contributed by atoms with Gasteiger partial charge >= 0.3 is 0 Å². The van der Waals surface area contributed by atoms with Gasteiger partial charge in [-0.05, 0) is 30.7 Å². The molecule has 2 N–H and O–H groups in total. The first-order valence-electron chi connectivity index (χ1n) is 7.94. The van der Waals surface area contributed by atoms with Crippen LogP contribution in [0.2, 0.25) is 0 Å². The molecule has 3 amide bonds. The Morgan fingerprint density at radius 1 is 1.33 bits per heavy atom. The number of rotatable bonds is 3. The van der Waals surface area contributed by atoms with Crippen LogP contribution >= 0.6 is 11.8 Å². The van der Waals surface area contributed by atoms with Gasteiger partial charge in [-0.25, -0.2) is 9.38 Å². The van der Waals surface area contributed by atoms with E-state index in [1.54, 1.807) is 21.0 Å². The van der Waals surface area contributed by atoms with Crippen molar-refractivity contribution in [3.8, 4) is 0 Å². The average molecular weight is 389 g/mol. The van der Waals surface area contributed by atoms with E-state index in [1.165, 1.54) is 23.1 Å². The van der Waals surface area contributed by atoms with E-state index in [0.717, 1.165) is 17.8 Å². The summed E-state index contributed by atoms with van der Waals surface area (Å²) in [6.45, 7) is 1.64. The Kier molecular flexibility index (Phi) is 4.88. The highest BCUT2D eigenvalue weighted by Gasteiger charge is 2.43. The molecule has 27 heavy (non-hydrogen) atoms. The van der Waals surface area contributed by atoms with Crippen LogP contribution in [0.4, 0.5) is 10.1 Å². The maximum Gasteiger partial charge on any atom is 0.286 e. The van der Waals surface area contributed by atoms with Crippen LogP contribution in [-0.4, -0.2) is 46.9 Å². The van der Waals surface area contributed by atoms with Crippen LogP contribution in [0.1, 0.15) is 6.92 Å². The molecule has 1 aromatic rings. The second-order valence-electron chi connectivity index (χ2n) is 6.23. The number of allylic oxidation sites excluding steroid dienone is 1. The third kappa shape index (κ3) is 3.37. The maximum atomic E-state index is 13.3. The largest absolute Gasteiger partial charge is 0.510 e. The Morgan fingerprint density at radius 3 is 2.67 bits per heavy atom. The molecule has 1 aromatic carbocycles. The van der Waals surface area contributed by atoms with Gasteiger partial charge in [0.2, 0.25) is 0 Å². The number of aliphatic hydroxyl groups excluding tert-OH is 1. The molecule has 140 valence electrons. The van der Waals surface area contributed by atoms with Crippen molar-refractivity contribution in [3.05, 3.63) is 51.9 Å². The van der Waals surface area contributed by atoms with Crippen molar-refractivity contribution in [2.24, 2.45) is 10.9 Å². The molecule has 7 nitrogen and oxygen atoms in total. The lowest BCUT2D eigenvalue weighted by Gasteiger charge is -2.19. The van der Waals surface area contributed by atoms with Crippen molar-refractivity contribution < 1.29 is 23.9 Å².